The normalized spacial score (nSPS) is 13.7. The van der Waals surface area contributed by atoms with Gasteiger partial charge in [0.2, 0.25) is 0 Å². The largest absolute Gasteiger partial charge is 0.452 e. The van der Waals surface area contributed by atoms with E-state index in [1.54, 1.807) is 0 Å². The van der Waals surface area contributed by atoms with Crippen LogP contribution in [0.2, 0.25) is 0 Å². The summed E-state index contributed by atoms with van der Waals surface area (Å²) in [7, 11) is 0. The molecule has 0 amide bonds. The van der Waals surface area contributed by atoms with Crippen LogP contribution in [-0.4, -0.2) is 0 Å². The molecule has 230 valence electrons. The maximum atomic E-state index is 6.67. The highest BCUT2D eigenvalue weighted by Gasteiger charge is 2.35. The summed E-state index contributed by atoms with van der Waals surface area (Å²) in [5.74, 6) is 0. The van der Waals surface area contributed by atoms with Gasteiger partial charge in [0, 0.05) is 27.0 Å². The Morgan fingerprint density at radius 1 is 0.388 bits per heavy atom. The molecule has 11 rings (SSSR count). The van der Waals surface area contributed by atoms with Crippen LogP contribution in [0.3, 0.4) is 0 Å². The molecule has 2 aromatic heterocycles. The van der Waals surface area contributed by atoms with Crippen molar-refractivity contribution < 1.29 is 8.83 Å². The van der Waals surface area contributed by atoms with Crippen LogP contribution < -0.4 is 0 Å². The van der Waals surface area contributed by atoms with E-state index < -0.39 is 0 Å². The molecule has 0 N–H and O–H groups in total. The van der Waals surface area contributed by atoms with Gasteiger partial charge in [0.15, 0.2) is 11.2 Å². The monoisotopic (exact) mass is 626 g/mol. The van der Waals surface area contributed by atoms with Gasteiger partial charge in [-0.05, 0) is 90.3 Å². The molecule has 1 aliphatic rings. The molecule has 0 bridgehead atoms. The number of benzene rings is 8. The Bertz CT molecular complexity index is 2970. The average molecular weight is 627 g/mol. The number of fused-ring (bicyclic) bond motifs is 12. The molecule has 0 fully saturated rings. The van der Waals surface area contributed by atoms with Crippen LogP contribution in [0.25, 0.3) is 98.8 Å². The zero-order chi connectivity index (χ0) is 32.4. The fourth-order valence-corrected chi connectivity index (χ4v) is 8.85. The Morgan fingerprint density at radius 2 is 0.918 bits per heavy atom. The van der Waals surface area contributed by atoms with Crippen molar-refractivity contribution in [1.82, 2.24) is 0 Å². The molecular formula is C47H30O2. The minimum absolute atomic E-state index is 0.0792. The number of rotatable bonds is 2. The standard InChI is InChI=1S/C47H30O2/c1-47(2)38-20-10-7-13-28(38)29-24-23-27(25-39(29)47)42-31-15-3-5-17-33(31)43(34-18-6-4-16-32(34)42)37-26-36-30-14-8-11-21-40(30)48-45(36)46-44(37)35-19-9-12-22-41(35)49-46/h3-26H,1-2H3. The van der Waals surface area contributed by atoms with Gasteiger partial charge in [0.1, 0.15) is 11.2 Å². The Labute approximate surface area is 282 Å². The Hall–Kier alpha value is -6.12. The lowest BCUT2D eigenvalue weighted by Crippen LogP contribution is -2.14. The van der Waals surface area contributed by atoms with Crippen LogP contribution in [0.15, 0.2) is 154 Å². The molecule has 0 unspecified atom stereocenters. The van der Waals surface area contributed by atoms with E-state index in [1.807, 2.05) is 18.2 Å². The van der Waals surface area contributed by atoms with Crippen LogP contribution in [0.1, 0.15) is 25.0 Å². The number of hydrogen-bond donors (Lipinski definition) is 0. The maximum absolute atomic E-state index is 6.67. The maximum Gasteiger partial charge on any atom is 0.179 e. The first-order chi connectivity index (χ1) is 24.1. The Balaban J connectivity index is 1.28. The molecule has 0 radical (unpaired) electrons. The van der Waals surface area contributed by atoms with E-state index in [2.05, 4.69) is 141 Å². The van der Waals surface area contributed by atoms with Crippen LogP contribution in [0.5, 0.6) is 0 Å². The smallest absolute Gasteiger partial charge is 0.179 e. The van der Waals surface area contributed by atoms with Crippen molar-refractivity contribution >= 4 is 65.4 Å². The lowest BCUT2D eigenvalue weighted by Gasteiger charge is -2.23. The molecule has 2 heteroatoms. The summed E-state index contributed by atoms with van der Waals surface area (Å²) in [5, 5.41) is 9.25. The summed E-state index contributed by atoms with van der Waals surface area (Å²) in [6.45, 7) is 4.72. The zero-order valence-electron chi connectivity index (χ0n) is 27.2. The molecule has 49 heavy (non-hydrogen) atoms. The van der Waals surface area contributed by atoms with E-state index in [4.69, 9.17) is 8.83 Å². The minimum Gasteiger partial charge on any atom is -0.452 e. The van der Waals surface area contributed by atoms with Crippen LogP contribution >= 0.6 is 0 Å². The Morgan fingerprint density at radius 3 is 1.63 bits per heavy atom. The van der Waals surface area contributed by atoms with Crippen molar-refractivity contribution in [2.75, 3.05) is 0 Å². The summed E-state index contributed by atoms with van der Waals surface area (Å²) in [6.07, 6.45) is 0. The van der Waals surface area contributed by atoms with Gasteiger partial charge in [-0.1, -0.05) is 135 Å². The second-order valence-electron chi connectivity index (χ2n) is 14.0. The SMILES string of the molecule is CC1(C)c2ccccc2-c2ccc(-c3c4ccccc4c(-c4cc5c6ccccc6oc5c5oc6ccccc6c45)c4ccccc34)cc21. The molecule has 0 saturated carbocycles. The third kappa shape index (κ3) is 3.50. The molecule has 0 aliphatic heterocycles. The first-order valence-electron chi connectivity index (χ1n) is 17.0. The van der Waals surface area contributed by atoms with E-state index in [1.165, 1.54) is 60.5 Å². The van der Waals surface area contributed by atoms with Crippen LogP contribution in [-0.2, 0) is 5.41 Å². The second kappa shape index (κ2) is 9.49. The van der Waals surface area contributed by atoms with Crippen molar-refractivity contribution in [3.63, 3.8) is 0 Å². The van der Waals surface area contributed by atoms with Gasteiger partial charge in [-0.25, -0.2) is 0 Å². The molecule has 0 saturated heterocycles. The predicted molar refractivity (Wildman–Crippen MR) is 204 cm³/mol. The number of para-hydroxylation sites is 2. The molecule has 0 atom stereocenters. The van der Waals surface area contributed by atoms with Gasteiger partial charge in [-0.15, -0.1) is 0 Å². The van der Waals surface area contributed by atoms with Gasteiger partial charge in [0.05, 0.1) is 0 Å². The molecule has 0 spiro atoms. The molecule has 2 heterocycles. The summed E-state index contributed by atoms with van der Waals surface area (Å²) in [4.78, 5) is 0. The molecule has 10 aromatic rings. The van der Waals surface area contributed by atoms with Crippen molar-refractivity contribution in [3.05, 3.63) is 157 Å². The molecule has 8 aromatic carbocycles. The van der Waals surface area contributed by atoms with Crippen molar-refractivity contribution in [3.8, 4) is 33.4 Å². The van der Waals surface area contributed by atoms with E-state index >= 15 is 0 Å². The lowest BCUT2D eigenvalue weighted by molar-refractivity contribution is 0.633. The van der Waals surface area contributed by atoms with Crippen molar-refractivity contribution in [2.45, 2.75) is 19.3 Å². The average Bonchev–Trinajstić information content (AvgIpc) is 3.79. The Kier molecular flexibility index (Phi) is 5.21. The first kappa shape index (κ1) is 26.9. The van der Waals surface area contributed by atoms with E-state index in [0.717, 1.165) is 49.4 Å². The molecule has 1 aliphatic carbocycles. The summed E-state index contributed by atoms with van der Waals surface area (Å²) >= 11 is 0. The number of furan rings is 2. The fourth-order valence-electron chi connectivity index (χ4n) is 8.85. The lowest BCUT2D eigenvalue weighted by atomic mass is 9.80. The highest BCUT2D eigenvalue weighted by atomic mass is 16.4. The topological polar surface area (TPSA) is 26.3 Å². The van der Waals surface area contributed by atoms with Gasteiger partial charge >= 0.3 is 0 Å². The molecule has 2 nitrogen and oxygen atoms in total. The predicted octanol–water partition coefficient (Wildman–Crippen LogP) is 13.4. The fraction of sp³-hybridized carbons (Fsp3) is 0.0638. The highest BCUT2D eigenvalue weighted by Crippen LogP contribution is 2.52. The van der Waals surface area contributed by atoms with Crippen LogP contribution in [0, 0.1) is 0 Å². The summed E-state index contributed by atoms with van der Waals surface area (Å²) in [5.41, 5.74) is 13.6. The van der Waals surface area contributed by atoms with Crippen molar-refractivity contribution in [2.24, 2.45) is 0 Å². The van der Waals surface area contributed by atoms with Gasteiger partial charge in [-0.3, -0.25) is 0 Å². The molecular weight excluding hydrogens is 597 g/mol. The second-order valence-corrected chi connectivity index (χ2v) is 14.0. The quantitative estimate of drug-likeness (QED) is 0.178. The van der Waals surface area contributed by atoms with Gasteiger partial charge in [0.25, 0.3) is 0 Å². The van der Waals surface area contributed by atoms with Gasteiger partial charge < -0.3 is 8.83 Å². The first-order valence-corrected chi connectivity index (χ1v) is 17.0. The van der Waals surface area contributed by atoms with Crippen LogP contribution in [0.4, 0.5) is 0 Å². The third-order valence-electron chi connectivity index (χ3n) is 11.1. The zero-order valence-corrected chi connectivity index (χ0v) is 27.2. The van der Waals surface area contributed by atoms with E-state index in [-0.39, 0.29) is 5.41 Å². The highest BCUT2D eigenvalue weighted by molar-refractivity contribution is 6.29. The van der Waals surface area contributed by atoms with E-state index in [0.29, 0.717) is 0 Å². The van der Waals surface area contributed by atoms with Crippen molar-refractivity contribution in [1.29, 1.82) is 0 Å². The van der Waals surface area contributed by atoms with E-state index in [9.17, 15) is 0 Å². The third-order valence-corrected chi connectivity index (χ3v) is 11.1. The number of hydrogen-bond acceptors (Lipinski definition) is 2. The summed E-state index contributed by atoms with van der Waals surface area (Å²) in [6, 6.07) is 52.8. The minimum atomic E-state index is -0.0792. The summed E-state index contributed by atoms with van der Waals surface area (Å²) < 4.78 is 13.2. The van der Waals surface area contributed by atoms with Gasteiger partial charge in [-0.2, -0.15) is 0 Å².